The van der Waals surface area contributed by atoms with Crippen molar-refractivity contribution >= 4 is 27.7 Å². The Hall–Kier alpha value is -4.46. The van der Waals surface area contributed by atoms with Crippen LogP contribution >= 0.6 is 0 Å². The molecule has 0 aliphatic rings. The molecular formula is C26H23N5O3. The first-order chi connectivity index (χ1) is 16.6. The highest BCUT2D eigenvalue weighted by Gasteiger charge is 2.15. The lowest BCUT2D eigenvalue weighted by molar-refractivity contribution is 0.0952. The van der Waals surface area contributed by atoms with Crippen LogP contribution in [0.3, 0.4) is 0 Å². The van der Waals surface area contributed by atoms with E-state index in [0.29, 0.717) is 33.6 Å². The topological polar surface area (TPSA) is 102 Å². The molecule has 170 valence electrons. The van der Waals surface area contributed by atoms with Crippen molar-refractivity contribution in [1.29, 1.82) is 0 Å². The number of hydrogen-bond donors (Lipinski definition) is 2. The Morgan fingerprint density at radius 3 is 2.79 bits per heavy atom. The van der Waals surface area contributed by atoms with Crippen molar-refractivity contribution in [1.82, 2.24) is 25.1 Å². The third-order valence-electron chi connectivity index (χ3n) is 5.78. The maximum absolute atomic E-state index is 13.3. The summed E-state index contributed by atoms with van der Waals surface area (Å²) in [7, 11) is 1.59. The molecule has 0 atom stereocenters. The Morgan fingerprint density at radius 1 is 1.15 bits per heavy atom. The fourth-order valence-electron chi connectivity index (χ4n) is 3.94. The summed E-state index contributed by atoms with van der Waals surface area (Å²) >= 11 is 0. The zero-order valence-electron chi connectivity index (χ0n) is 18.8. The Bertz CT molecular complexity index is 1590. The molecule has 0 aliphatic heterocycles. The number of ether oxygens (including phenoxy) is 1. The molecule has 0 bridgehead atoms. The van der Waals surface area contributed by atoms with Crippen molar-refractivity contribution < 1.29 is 9.53 Å². The van der Waals surface area contributed by atoms with Crippen LogP contribution in [-0.2, 0) is 13.1 Å². The van der Waals surface area contributed by atoms with E-state index in [1.807, 2.05) is 48.1 Å². The van der Waals surface area contributed by atoms with Crippen molar-refractivity contribution in [2.75, 3.05) is 7.11 Å². The van der Waals surface area contributed by atoms with Gasteiger partial charge in [-0.3, -0.25) is 14.3 Å². The highest BCUT2D eigenvalue weighted by atomic mass is 16.5. The summed E-state index contributed by atoms with van der Waals surface area (Å²) in [4.78, 5) is 33.4. The maximum Gasteiger partial charge on any atom is 0.253 e. The number of H-pyrrole nitrogens is 1. The molecule has 5 rings (SSSR count). The van der Waals surface area contributed by atoms with Gasteiger partial charge in [-0.15, -0.1) is 0 Å². The molecule has 34 heavy (non-hydrogen) atoms. The highest BCUT2D eigenvalue weighted by molar-refractivity contribution is 6.07. The van der Waals surface area contributed by atoms with Crippen molar-refractivity contribution in [2.45, 2.75) is 20.0 Å². The molecule has 8 heteroatoms. The lowest BCUT2D eigenvalue weighted by atomic mass is 10.0. The van der Waals surface area contributed by atoms with Gasteiger partial charge in [0.05, 0.1) is 30.1 Å². The summed E-state index contributed by atoms with van der Waals surface area (Å²) in [5.41, 5.74) is 3.62. The number of methoxy groups -OCH3 is 1. The summed E-state index contributed by atoms with van der Waals surface area (Å²) in [5, 5.41) is 8.78. The summed E-state index contributed by atoms with van der Waals surface area (Å²) in [6, 6.07) is 16.5. The number of pyridine rings is 2. The van der Waals surface area contributed by atoms with Gasteiger partial charge in [0.15, 0.2) is 0 Å². The number of aromatic nitrogens is 4. The van der Waals surface area contributed by atoms with Crippen LogP contribution in [0, 0.1) is 0 Å². The second-order valence-corrected chi connectivity index (χ2v) is 7.92. The minimum atomic E-state index is -0.284. The predicted molar refractivity (Wildman–Crippen MR) is 131 cm³/mol. The summed E-state index contributed by atoms with van der Waals surface area (Å²) in [5.74, 6) is 0.407. The van der Waals surface area contributed by atoms with Gasteiger partial charge >= 0.3 is 0 Å². The lowest BCUT2D eigenvalue weighted by Crippen LogP contribution is -2.27. The Labute approximate surface area is 195 Å². The number of hydrogen-bond acceptors (Lipinski definition) is 5. The van der Waals surface area contributed by atoms with Crippen molar-refractivity contribution in [3.63, 3.8) is 0 Å². The Kier molecular flexibility index (Phi) is 5.55. The molecule has 0 spiro atoms. The fraction of sp³-hybridized carbons (Fsp3) is 0.154. The van der Waals surface area contributed by atoms with Crippen LogP contribution in [0.25, 0.3) is 33.1 Å². The van der Waals surface area contributed by atoms with Gasteiger partial charge in [-0.05, 0) is 43.3 Å². The molecule has 0 saturated heterocycles. The smallest absolute Gasteiger partial charge is 0.253 e. The zero-order chi connectivity index (χ0) is 23.7. The third kappa shape index (κ3) is 4.01. The van der Waals surface area contributed by atoms with E-state index in [1.165, 1.54) is 0 Å². The molecule has 0 radical (unpaired) electrons. The molecule has 1 amide bonds. The average Bonchev–Trinajstić information content (AvgIpc) is 3.36. The van der Waals surface area contributed by atoms with E-state index < -0.39 is 0 Å². The zero-order valence-corrected chi connectivity index (χ0v) is 18.8. The second kappa shape index (κ2) is 8.82. The first-order valence-electron chi connectivity index (χ1n) is 11.0. The predicted octanol–water partition coefficient (Wildman–Crippen LogP) is 3.90. The number of nitrogens with one attached hydrogen (secondary N) is 2. The molecule has 5 aromatic rings. The summed E-state index contributed by atoms with van der Waals surface area (Å²) in [6.07, 6.45) is 3.65. The number of para-hydroxylation sites is 1. The normalized spacial score (nSPS) is 11.1. The molecule has 0 saturated carbocycles. The van der Waals surface area contributed by atoms with Gasteiger partial charge in [-0.1, -0.05) is 18.2 Å². The number of aryl methyl sites for hydroxylation is 1. The van der Waals surface area contributed by atoms with Gasteiger partial charge < -0.3 is 15.0 Å². The van der Waals surface area contributed by atoms with Gasteiger partial charge in [-0.25, -0.2) is 4.98 Å². The minimum absolute atomic E-state index is 0.0844. The Balaban J connectivity index is 1.48. The molecule has 2 N–H and O–H groups in total. The highest BCUT2D eigenvalue weighted by Crippen LogP contribution is 2.25. The van der Waals surface area contributed by atoms with E-state index in [9.17, 15) is 9.59 Å². The van der Waals surface area contributed by atoms with E-state index in [1.54, 1.807) is 37.6 Å². The first kappa shape index (κ1) is 21.4. The van der Waals surface area contributed by atoms with Crippen LogP contribution in [0.4, 0.5) is 0 Å². The van der Waals surface area contributed by atoms with Crippen LogP contribution in [0.2, 0.25) is 0 Å². The lowest BCUT2D eigenvalue weighted by Gasteiger charge is -2.10. The standard InChI is InChI=1S/C26H23N5O3/c1-3-31-15-18(14-28-31)24-12-21(20-6-4-5-7-23(20)29-24)26(33)27-13-17-10-16-11-19(34-2)8-9-22(16)30-25(17)32/h4-12,14-15H,3,13H2,1-2H3,(H,27,33)(H,30,32). The van der Waals surface area contributed by atoms with E-state index >= 15 is 0 Å². The minimum Gasteiger partial charge on any atom is -0.497 e. The van der Waals surface area contributed by atoms with E-state index in [4.69, 9.17) is 9.72 Å². The van der Waals surface area contributed by atoms with E-state index in [2.05, 4.69) is 15.4 Å². The monoisotopic (exact) mass is 453 g/mol. The third-order valence-corrected chi connectivity index (χ3v) is 5.78. The first-order valence-corrected chi connectivity index (χ1v) is 11.0. The number of aromatic amines is 1. The van der Waals surface area contributed by atoms with Crippen molar-refractivity contribution in [2.24, 2.45) is 0 Å². The van der Waals surface area contributed by atoms with Gasteiger partial charge in [0.2, 0.25) is 0 Å². The number of carbonyl (C=O) groups is 1. The number of benzene rings is 2. The van der Waals surface area contributed by atoms with Gasteiger partial charge in [0, 0.05) is 46.7 Å². The molecule has 3 heterocycles. The molecule has 8 nitrogen and oxygen atoms in total. The van der Waals surface area contributed by atoms with Crippen LogP contribution in [0.1, 0.15) is 22.8 Å². The molecule has 0 unspecified atom stereocenters. The number of fused-ring (bicyclic) bond motifs is 2. The number of rotatable bonds is 6. The van der Waals surface area contributed by atoms with Crippen molar-refractivity contribution in [3.8, 4) is 17.0 Å². The fourth-order valence-corrected chi connectivity index (χ4v) is 3.94. The van der Waals surface area contributed by atoms with Crippen molar-refractivity contribution in [3.05, 3.63) is 88.5 Å². The molecule has 0 aliphatic carbocycles. The van der Waals surface area contributed by atoms with Crippen LogP contribution < -0.4 is 15.6 Å². The maximum atomic E-state index is 13.3. The number of nitrogens with zero attached hydrogens (tertiary/aromatic N) is 3. The van der Waals surface area contributed by atoms with Gasteiger partial charge in [0.25, 0.3) is 11.5 Å². The molecule has 0 fully saturated rings. The van der Waals surface area contributed by atoms with Gasteiger partial charge in [-0.2, -0.15) is 5.10 Å². The number of amides is 1. The average molecular weight is 454 g/mol. The SMILES string of the molecule is CCn1cc(-c2cc(C(=O)NCc3cc4cc(OC)ccc4[nH]c3=O)c3ccccc3n2)cn1. The summed E-state index contributed by atoms with van der Waals surface area (Å²) < 4.78 is 7.08. The quantitative estimate of drug-likeness (QED) is 0.406. The van der Waals surface area contributed by atoms with Gasteiger partial charge in [0.1, 0.15) is 5.75 Å². The van der Waals surface area contributed by atoms with Crippen LogP contribution in [-0.4, -0.2) is 32.8 Å². The number of carbonyl (C=O) groups excluding carboxylic acids is 1. The summed E-state index contributed by atoms with van der Waals surface area (Å²) in [6.45, 7) is 2.84. The van der Waals surface area contributed by atoms with Crippen LogP contribution in [0.5, 0.6) is 5.75 Å². The molecule has 2 aromatic carbocycles. The molecular weight excluding hydrogens is 430 g/mol. The molecule has 3 aromatic heterocycles. The largest absolute Gasteiger partial charge is 0.497 e. The van der Waals surface area contributed by atoms with E-state index in [-0.39, 0.29) is 18.0 Å². The Morgan fingerprint density at radius 2 is 2.00 bits per heavy atom. The van der Waals surface area contributed by atoms with E-state index in [0.717, 1.165) is 22.9 Å². The van der Waals surface area contributed by atoms with Crippen LogP contribution in [0.15, 0.2) is 71.8 Å². The second-order valence-electron chi connectivity index (χ2n) is 7.92.